The third kappa shape index (κ3) is 3.60. The minimum absolute atomic E-state index is 0.179. The summed E-state index contributed by atoms with van der Waals surface area (Å²) in [6.07, 6.45) is 4.17. The van der Waals surface area contributed by atoms with Gasteiger partial charge in [-0.25, -0.2) is 0 Å². The van der Waals surface area contributed by atoms with E-state index in [1.807, 2.05) is 18.2 Å². The molecule has 18 heavy (non-hydrogen) atoms. The monoisotopic (exact) mass is 433 g/mol. The summed E-state index contributed by atoms with van der Waals surface area (Å²) in [4.78, 5) is 8.65. The molecule has 0 bridgehead atoms. The van der Waals surface area contributed by atoms with Crippen molar-refractivity contribution in [3.63, 3.8) is 0 Å². The molecule has 2 aromatic rings. The van der Waals surface area contributed by atoms with Gasteiger partial charge in [-0.2, -0.15) is 0 Å². The van der Waals surface area contributed by atoms with E-state index >= 15 is 0 Å². The molecule has 0 saturated heterocycles. The smallest absolute Gasteiger partial charge is 0.0717 e. The van der Waals surface area contributed by atoms with Gasteiger partial charge < -0.3 is 5.73 Å². The van der Waals surface area contributed by atoms with E-state index in [9.17, 15) is 0 Å². The topological polar surface area (TPSA) is 51.8 Å². The summed E-state index contributed by atoms with van der Waals surface area (Å²) in [6.45, 7) is 0. The summed E-state index contributed by atoms with van der Waals surface area (Å²) in [5.74, 6) is 0. The van der Waals surface area contributed by atoms with Crippen LogP contribution in [0, 0.1) is 0 Å². The van der Waals surface area contributed by atoms with Gasteiger partial charge >= 0.3 is 0 Å². The summed E-state index contributed by atoms with van der Waals surface area (Å²) in [6, 6.07) is 5.67. The zero-order chi connectivity index (χ0) is 13.1. The molecule has 2 aromatic heterocycles. The Balaban J connectivity index is 2.16. The van der Waals surface area contributed by atoms with Crippen molar-refractivity contribution in [3.05, 3.63) is 55.4 Å². The van der Waals surface area contributed by atoms with Gasteiger partial charge in [-0.3, -0.25) is 9.97 Å². The van der Waals surface area contributed by atoms with Gasteiger partial charge in [0, 0.05) is 37.9 Å². The van der Waals surface area contributed by atoms with E-state index < -0.39 is 0 Å². The highest BCUT2D eigenvalue weighted by Crippen LogP contribution is 2.25. The van der Waals surface area contributed by atoms with Crippen LogP contribution in [0.1, 0.15) is 17.4 Å². The average molecular weight is 436 g/mol. The number of nitrogens with two attached hydrogens (primary N) is 1. The Labute approximate surface area is 131 Å². The van der Waals surface area contributed by atoms with Gasteiger partial charge in [0.2, 0.25) is 0 Å². The van der Waals surface area contributed by atoms with Gasteiger partial charge in [0.15, 0.2) is 0 Å². The van der Waals surface area contributed by atoms with E-state index in [0.717, 1.165) is 24.8 Å². The Bertz CT molecular complexity index is 543. The molecule has 1 unspecified atom stereocenters. The van der Waals surface area contributed by atoms with Crippen molar-refractivity contribution in [2.24, 2.45) is 5.73 Å². The second-order valence-corrected chi connectivity index (χ2v) is 6.48. The molecule has 94 valence electrons. The normalized spacial score (nSPS) is 12.4. The lowest BCUT2D eigenvalue weighted by Crippen LogP contribution is -2.16. The first kappa shape index (κ1) is 14.1. The average Bonchev–Trinajstić information content (AvgIpc) is 2.32. The summed E-state index contributed by atoms with van der Waals surface area (Å²) < 4.78 is 2.79. The molecular formula is C12H10Br3N3. The molecule has 0 amide bonds. The number of pyridine rings is 2. The molecule has 0 spiro atoms. The van der Waals surface area contributed by atoms with Crippen LogP contribution >= 0.6 is 47.8 Å². The van der Waals surface area contributed by atoms with E-state index in [0.29, 0.717) is 6.42 Å². The second kappa shape index (κ2) is 6.23. The van der Waals surface area contributed by atoms with Crippen molar-refractivity contribution in [2.45, 2.75) is 12.5 Å². The minimum atomic E-state index is -0.179. The first-order chi connectivity index (χ1) is 8.56. The first-order valence-electron chi connectivity index (χ1n) is 5.23. The van der Waals surface area contributed by atoms with E-state index in [1.165, 1.54) is 0 Å². The maximum absolute atomic E-state index is 6.16. The number of halogens is 3. The number of hydrogen-bond acceptors (Lipinski definition) is 3. The van der Waals surface area contributed by atoms with Crippen LogP contribution in [0.25, 0.3) is 0 Å². The highest BCUT2D eigenvalue weighted by Gasteiger charge is 2.13. The van der Waals surface area contributed by atoms with Crippen molar-refractivity contribution in [1.82, 2.24) is 9.97 Å². The van der Waals surface area contributed by atoms with Crippen LogP contribution in [0.15, 0.2) is 44.0 Å². The van der Waals surface area contributed by atoms with Crippen LogP contribution in [-0.4, -0.2) is 9.97 Å². The van der Waals surface area contributed by atoms with Crippen LogP contribution in [0.5, 0.6) is 0 Å². The Kier molecular flexibility index (Phi) is 4.89. The number of rotatable bonds is 3. The van der Waals surface area contributed by atoms with Crippen LogP contribution in [-0.2, 0) is 6.42 Å². The molecule has 1 atom stereocenters. The lowest BCUT2D eigenvalue weighted by molar-refractivity contribution is 0.679. The largest absolute Gasteiger partial charge is 0.322 e. The van der Waals surface area contributed by atoms with Crippen LogP contribution in [0.3, 0.4) is 0 Å². The summed E-state index contributed by atoms with van der Waals surface area (Å²) >= 11 is 10.2. The SMILES string of the molecule is NC(Cc1ccc(Br)cn1)c1ncc(Br)cc1Br. The number of hydrogen-bond donors (Lipinski definition) is 1. The van der Waals surface area contributed by atoms with Crippen molar-refractivity contribution in [2.75, 3.05) is 0 Å². The Hall–Kier alpha value is -0.300. The molecule has 2 N–H and O–H groups in total. The summed E-state index contributed by atoms with van der Waals surface area (Å²) in [5.41, 5.74) is 7.94. The predicted octanol–water partition coefficient (Wildman–Crippen LogP) is 4.01. The molecular weight excluding hydrogens is 426 g/mol. The van der Waals surface area contributed by atoms with Gasteiger partial charge in [-0.15, -0.1) is 0 Å². The van der Waals surface area contributed by atoms with Crippen molar-refractivity contribution >= 4 is 47.8 Å². The van der Waals surface area contributed by atoms with E-state index in [2.05, 4.69) is 57.8 Å². The quantitative estimate of drug-likeness (QED) is 0.792. The van der Waals surface area contributed by atoms with Crippen LogP contribution in [0.4, 0.5) is 0 Å². The molecule has 0 fully saturated rings. The molecule has 0 radical (unpaired) electrons. The van der Waals surface area contributed by atoms with Crippen LogP contribution in [0.2, 0.25) is 0 Å². The third-order valence-corrected chi connectivity index (χ3v) is 3.94. The molecule has 0 saturated carbocycles. The highest BCUT2D eigenvalue weighted by molar-refractivity contribution is 9.11. The fourth-order valence-electron chi connectivity index (χ4n) is 1.55. The zero-order valence-electron chi connectivity index (χ0n) is 9.28. The maximum Gasteiger partial charge on any atom is 0.0717 e. The van der Waals surface area contributed by atoms with Gasteiger partial charge in [-0.05, 0) is 66.0 Å². The predicted molar refractivity (Wildman–Crippen MR) is 82.2 cm³/mol. The standard InChI is InChI=1S/C12H10Br3N3/c13-7-1-2-9(17-5-7)4-11(16)12-10(15)3-8(14)6-18-12/h1-3,5-6,11H,4,16H2. The molecule has 0 aliphatic rings. The van der Waals surface area contributed by atoms with Crippen molar-refractivity contribution < 1.29 is 0 Å². The Morgan fingerprint density at radius 3 is 2.39 bits per heavy atom. The molecule has 0 aliphatic heterocycles. The van der Waals surface area contributed by atoms with E-state index in [4.69, 9.17) is 5.73 Å². The minimum Gasteiger partial charge on any atom is -0.322 e. The first-order valence-corrected chi connectivity index (χ1v) is 7.61. The van der Waals surface area contributed by atoms with E-state index in [-0.39, 0.29) is 6.04 Å². The fraction of sp³-hybridized carbons (Fsp3) is 0.167. The Morgan fingerprint density at radius 1 is 1.06 bits per heavy atom. The molecule has 0 aromatic carbocycles. The van der Waals surface area contributed by atoms with Crippen molar-refractivity contribution in [3.8, 4) is 0 Å². The third-order valence-electron chi connectivity index (χ3n) is 2.41. The number of nitrogens with zero attached hydrogens (tertiary/aromatic N) is 2. The van der Waals surface area contributed by atoms with Gasteiger partial charge in [0.05, 0.1) is 11.7 Å². The fourth-order valence-corrected chi connectivity index (χ4v) is 3.06. The zero-order valence-corrected chi connectivity index (χ0v) is 14.0. The lowest BCUT2D eigenvalue weighted by Gasteiger charge is -2.12. The molecule has 2 heterocycles. The van der Waals surface area contributed by atoms with Gasteiger partial charge in [-0.1, -0.05) is 0 Å². The Morgan fingerprint density at radius 2 is 1.78 bits per heavy atom. The van der Waals surface area contributed by atoms with E-state index in [1.54, 1.807) is 12.4 Å². The van der Waals surface area contributed by atoms with Gasteiger partial charge in [0.1, 0.15) is 0 Å². The van der Waals surface area contributed by atoms with Crippen LogP contribution < -0.4 is 5.73 Å². The molecule has 2 rings (SSSR count). The number of aromatic nitrogens is 2. The second-order valence-electron chi connectivity index (χ2n) is 3.80. The molecule has 3 nitrogen and oxygen atoms in total. The highest BCUT2D eigenvalue weighted by atomic mass is 79.9. The summed E-state index contributed by atoms with van der Waals surface area (Å²) in [5, 5.41) is 0. The molecule has 6 heteroatoms. The van der Waals surface area contributed by atoms with Gasteiger partial charge in [0.25, 0.3) is 0 Å². The maximum atomic E-state index is 6.16. The lowest BCUT2D eigenvalue weighted by atomic mass is 10.1. The molecule has 0 aliphatic carbocycles. The van der Waals surface area contributed by atoms with Crippen molar-refractivity contribution in [1.29, 1.82) is 0 Å². The summed E-state index contributed by atoms with van der Waals surface area (Å²) in [7, 11) is 0.